The standard InChI is InChI=1S/C23H14Cl2FN3O3S/c24-13-2-1-3-17(10-13)32-16-7-4-14(5-8-16)27-12-18-21(30)28-23(33)29(22(18)31)15-6-9-20(26)19(25)11-15/h1-12,31H,(H,28,30,33). The monoisotopic (exact) mass is 501 g/mol. The molecule has 0 spiro atoms. The van der Waals surface area contributed by atoms with Gasteiger partial charge in [-0.2, -0.15) is 0 Å². The third-order valence-corrected chi connectivity index (χ3v) is 5.30. The number of aliphatic imine (C=N–C) groups is 1. The Bertz CT molecular complexity index is 1480. The normalized spacial score (nSPS) is 11.1. The van der Waals surface area contributed by atoms with Crippen molar-refractivity contribution < 1.29 is 14.2 Å². The maximum atomic E-state index is 13.5. The predicted octanol–water partition coefficient (Wildman–Crippen LogP) is 6.59. The summed E-state index contributed by atoms with van der Waals surface area (Å²) in [5, 5.41) is 11.1. The van der Waals surface area contributed by atoms with Gasteiger partial charge < -0.3 is 9.84 Å². The largest absolute Gasteiger partial charge is 0.494 e. The van der Waals surface area contributed by atoms with E-state index in [1.54, 1.807) is 48.5 Å². The van der Waals surface area contributed by atoms with Crippen LogP contribution in [0.15, 0.2) is 76.5 Å². The van der Waals surface area contributed by atoms with Gasteiger partial charge in [0, 0.05) is 11.2 Å². The van der Waals surface area contributed by atoms with E-state index < -0.39 is 17.3 Å². The molecular formula is C23H14Cl2FN3O3S. The zero-order valence-corrected chi connectivity index (χ0v) is 19.0. The molecule has 1 aromatic heterocycles. The molecule has 1 heterocycles. The van der Waals surface area contributed by atoms with Crippen molar-refractivity contribution in [3.63, 3.8) is 0 Å². The Morgan fingerprint density at radius 3 is 2.52 bits per heavy atom. The van der Waals surface area contributed by atoms with E-state index in [2.05, 4.69) is 9.98 Å². The smallest absolute Gasteiger partial charge is 0.264 e. The Morgan fingerprint density at radius 2 is 1.82 bits per heavy atom. The number of benzene rings is 3. The van der Waals surface area contributed by atoms with E-state index >= 15 is 0 Å². The van der Waals surface area contributed by atoms with Crippen LogP contribution in [0.5, 0.6) is 17.4 Å². The molecule has 0 fully saturated rings. The number of aromatic amines is 1. The van der Waals surface area contributed by atoms with Gasteiger partial charge >= 0.3 is 0 Å². The first-order valence-electron chi connectivity index (χ1n) is 9.43. The molecule has 4 rings (SSSR count). The number of aromatic nitrogens is 2. The van der Waals surface area contributed by atoms with E-state index in [9.17, 15) is 14.3 Å². The van der Waals surface area contributed by atoms with Crippen LogP contribution >= 0.6 is 35.4 Å². The van der Waals surface area contributed by atoms with Gasteiger partial charge in [-0.3, -0.25) is 19.3 Å². The summed E-state index contributed by atoms with van der Waals surface area (Å²) in [5.74, 6) is 0.0690. The van der Waals surface area contributed by atoms with E-state index in [0.29, 0.717) is 22.2 Å². The number of halogens is 3. The van der Waals surface area contributed by atoms with Crippen molar-refractivity contribution >= 4 is 47.3 Å². The number of H-pyrrole nitrogens is 1. The summed E-state index contributed by atoms with van der Waals surface area (Å²) in [7, 11) is 0. The summed E-state index contributed by atoms with van der Waals surface area (Å²) in [4.78, 5) is 19.1. The van der Waals surface area contributed by atoms with Crippen molar-refractivity contribution in [3.8, 4) is 23.1 Å². The Morgan fingerprint density at radius 1 is 1.06 bits per heavy atom. The fourth-order valence-electron chi connectivity index (χ4n) is 2.92. The molecule has 0 aliphatic carbocycles. The molecule has 0 amide bonds. The maximum absolute atomic E-state index is 13.5. The summed E-state index contributed by atoms with van der Waals surface area (Å²) in [6, 6.07) is 17.5. The summed E-state index contributed by atoms with van der Waals surface area (Å²) in [6.07, 6.45) is 1.21. The highest BCUT2D eigenvalue weighted by atomic mass is 35.5. The molecule has 0 bridgehead atoms. The van der Waals surface area contributed by atoms with Gasteiger partial charge in [-0.15, -0.1) is 0 Å². The highest BCUT2D eigenvalue weighted by molar-refractivity contribution is 7.71. The van der Waals surface area contributed by atoms with Gasteiger partial charge in [0.25, 0.3) is 5.56 Å². The molecule has 0 saturated carbocycles. The molecule has 0 unspecified atom stereocenters. The Balaban J connectivity index is 1.62. The molecule has 4 aromatic rings. The first-order chi connectivity index (χ1) is 15.8. The summed E-state index contributed by atoms with van der Waals surface area (Å²) in [6.45, 7) is 0. The van der Waals surface area contributed by atoms with Crippen LogP contribution in [-0.2, 0) is 0 Å². The summed E-state index contributed by atoms with van der Waals surface area (Å²) < 4.78 is 20.3. The third kappa shape index (κ3) is 5.14. The molecule has 10 heteroatoms. The zero-order chi connectivity index (χ0) is 23.5. The van der Waals surface area contributed by atoms with Crippen LogP contribution in [0.25, 0.3) is 5.69 Å². The van der Waals surface area contributed by atoms with Gasteiger partial charge in [-0.25, -0.2) is 4.39 Å². The number of hydrogen-bond donors (Lipinski definition) is 2. The first kappa shape index (κ1) is 22.7. The quantitative estimate of drug-likeness (QED) is 0.238. The minimum atomic E-state index is -0.633. The molecule has 6 nitrogen and oxygen atoms in total. The molecule has 0 aliphatic rings. The topological polar surface area (TPSA) is 79.6 Å². The van der Waals surface area contributed by atoms with Crippen molar-refractivity contribution in [3.05, 3.63) is 103 Å². The van der Waals surface area contributed by atoms with Crippen molar-refractivity contribution in [1.82, 2.24) is 9.55 Å². The second-order valence-electron chi connectivity index (χ2n) is 6.74. The van der Waals surface area contributed by atoms with E-state index in [1.165, 1.54) is 18.3 Å². The summed E-state index contributed by atoms with van der Waals surface area (Å²) in [5.41, 5.74) is 0.0123. The van der Waals surface area contributed by atoms with Gasteiger partial charge in [0.15, 0.2) is 4.77 Å². The van der Waals surface area contributed by atoms with Crippen LogP contribution in [0.2, 0.25) is 10.0 Å². The summed E-state index contributed by atoms with van der Waals surface area (Å²) >= 11 is 16.9. The lowest BCUT2D eigenvalue weighted by molar-refractivity contribution is 0.432. The Kier molecular flexibility index (Phi) is 6.60. The van der Waals surface area contributed by atoms with Crippen LogP contribution in [0.4, 0.5) is 10.1 Å². The van der Waals surface area contributed by atoms with Crippen LogP contribution in [0, 0.1) is 10.6 Å². The molecular weight excluding hydrogens is 488 g/mol. The van der Waals surface area contributed by atoms with Crippen LogP contribution in [-0.4, -0.2) is 20.9 Å². The number of hydrogen-bond acceptors (Lipinski definition) is 5. The zero-order valence-electron chi connectivity index (χ0n) is 16.6. The van der Waals surface area contributed by atoms with Gasteiger partial charge in [0.2, 0.25) is 5.88 Å². The molecule has 2 N–H and O–H groups in total. The molecule has 0 atom stereocenters. The highest BCUT2D eigenvalue weighted by Crippen LogP contribution is 2.27. The number of nitrogens with one attached hydrogen (secondary N) is 1. The number of rotatable bonds is 5. The van der Waals surface area contributed by atoms with E-state index in [-0.39, 0.29) is 21.0 Å². The van der Waals surface area contributed by atoms with E-state index in [4.69, 9.17) is 40.2 Å². The van der Waals surface area contributed by atoms with E-state index in [1.807, 2.05) is 0 Å². The van der Waals surface area contributed by atoms with Crippen molar-refractivity contribution in [2.24, 2.45) is 4.99 Å². The van der Waals surface area contributed by atoms with Gasteiger partial charge in [-0.1, -0.05) is 29.3 Å². The van der Waals surface area contributed by atoms with Crippen LogP contribution in [0.1, 0.15) is 5.56 Å². The SMILES string of the molecule is O=c1[nH]c(=S)n(-c2ccc(F)c(Cl)c2)c(O)c1C=Nc1ccc(Oc2cccc(Cl)c2)cc1. The first-order valence-corrected chi connectivity index (χ1v) is 10.6. The lowest BCUT2D eigenvalue weighted by Gasteiger charge is -2.11. The molecule has 0 radical (unpaired) electrons. The number of ether oxygens (including phenoxy) is 1. The molecule has 0 saturated heterocycles. The van der Waals surface area contributed by atoms with Crippen LogP contribution < -0.4 is 10.3 Å². The van der Waals surface area contributed by atoms with Crippen LogP contribution in [0.3, 0.4) is 0 Å². The average Bonchev–Trinajstić information content (AvgIpc) is 2.77. The Hall–Kier alpha value is -3.46. The molecule has 3 aromatic carbocycles. The second-order valence-corrected chi connectivity index (χ2v) is 7.97. The van der Waals surface area contributed by atoms with Gasteiger partial charge in [0.05, 0.1) is 16.4 Å². The van der Waals surface area contributed by atoms with Gasteiger partial charge in [0.1, 0.15) is 22.9 Å². The van der Waals surface area contributed by atoms with Gasteiger partial charge in [-0.05, 0) is 72.9 Å². The number of aromatic hydroxyl groups is 1. The molecule has 0 aliphatic heterocycles. The van der Waals surface area contributed by atoms with Crippen molar-refractivity contribution in [1.29, 1.82) is 0 Å². The third-order valence-electron chi connectivity index (χ3n) is 4.49. The fraction of sp³-hybridized carbons (Fsp3) is 0. The van der Waals surface area contributed by atoms with E-state index in [0.717, 1.165) is 10.6 Å². The average molecular weight is 502 g/mol. The molecule has 166 valence electrons. The minimum Gasteiger partial charge on any atom is -0.494 e. The highest BCUT2D eigenvalue weighted by Gasteiger charge is 2.14. The lowest BCUT2D eigenvalue weighted by Crippen LogP contribution is -2.18. The minimum absolute atomic E-state index is 0.0835. The maximum Gasteiger partial charge on any atom is 0.264 e. The Labute approximate surface area is 202 Å². The molecule has 33 heavy (non-hydrogen) atoms. The number of nitrogens with zero attached hydrogens (tertiary/aromatic N) is 2. The van der Waals surface area contributed by atoms with Crippen molar-refractivity contribution in [2.45, 2.75) is 0 Å². The second kappa shape index (κ2) is 9.58. The van der Waals surface area contributed by atoms with Crippen molar-refractivity contribution in [2.75, 3.05) is 0 Å². The fourth-order valence-corrected chi connectivity index (χ4v) is 3.56. The predicted molar refractivity (Wildman–Crippen MR) is 129 cm³/mol. The lowest BCUT2D eigenvalue weighted by atomic mass is 10.2.